The largest absolute Gasteiger partial charge is 0.480 e. The maximum absolute atomic E-state index is 12.8. The maximum Gasteiger partial charge on any atom is 0.328 e. The van der Waals surface area contributed by atoms with Crippen LogP contribution >= 0.6 is 0 Å². The zero-order valence-electron chi connectivity index (χ0n) is 39.1. The van der Waals surface area contributed by atoms with Crippen molar-refractivity contribution in [2.75, 3.05) is 13.2 Å². The summed E-state index contributed by atoms with van der Waals surface area (Å²) < 4.78 is 6.02. The van der Waals surface area contributed by atoms with Gasteiger partial charge in [-0.1, -0.05) is 182 Å². The summed E-state index contributed by atoms with van der Waals surface area (Å²) >= 11 is 0. The lowest BCUT2D eigenvalue weighted by Crippen LogP contribution is -2.47. The van der Waals surface area contributed by atoms with E-state index in [1.165, 1.54) is 64.2 Å². The van der Waals surface area contributed by atoms with E-state index in [1.54, 1.807) is 0 Å². The molecular weight excluding hydrogens is 777 g/mol. The van der Waals surface area contributed by atoms with Gasteiger partial charge in [-0.2, -0.15) is 0 Å². The monoisotopic (exact) mass is 865 g/mol. The molecule has 0 radical (unpaired) electrons. The first-order valence-electron chi connectivity index (χ1n) is 24.5. The number of amides is 2. The lowest BCUT2D eigenvalue weighted by Gasteiger charge is -2.18. The molecule has 62 heavy (non-hydrogen) atoms. The Labute approximate surface area is 377 Å². The number of allylic oxidation sites excluding steroid dienone is 14. The summed E-state index contributed by atoms with van der Waals surface area (Å²) in [6, 6.07) is -1.39. The fourth-order valence-electron chi connectivity index (χ4n) is 6.70. The normalized spacial score (nSPS) is 13.2. The van der Waals surface area contributed by atoms with Crippen molar-refractivity contribution in [3.8, 4) is 0 Å². The number of aliphatic carboxylic acids is 1. The van der Waals surface area contributed by atoms with E-state index in [0.29, 0.717) is 12.8 Å². The van der Waals surface area contributed by atoms with Crippen LogP contribution in [0, 0.1) is 0 Å². The number of unbranched alkanes of at least 4 members (excludes halogenated alkanes) is 15. The van der Waals surface area contributed by atoms with Crippen molar-refractivity contribution in [2.45, 2.75) is 212 Å². The molecule has 2 atom stereocenters. The van der Waals surface area contributed by atoms with Crippen LogP contribution in [-0.4, -0.2) is 59.3 Å². The molecule has 9 heteroatoms. The van der Waals surface area contributed by atoms with Gasteiger partial charge in [0.1, 0.15) is 12.1 Å². The van der Waals surface area contributed by atoms with Crippen LogP contribution in [0.5, 0.6) is 0 Å². The Balaban J connectivity index is 4.37. The van der Waals surface area contributed by atoms with E-state index < -0.39 is 24.5 Å². The zero-order valence-corrected chi connectivity index (χ0v) is 39.1. The molecule has 4 N–H and O–H groups in total. The highest BCUT2D eigenvalue weighted by molar-refractivity contribution is 5.87. The molecule has 0 heterocycles. The van der Waals surface area contributed by atoms with Crippen molar-refractivity contribution >= 4 is 23.8 Å². The van der Waals surface area contributed by atoms with Gasteiger partial charge in [0, 0.05) is 12.8 Å². The number of esters is 1. The molecule has 0 rings (SSSR count). The molecule has 2 amide bonds. The number of hydrogen-bond donors (Lipinski definition) is 4. The molecule has 0 aromatic carbocycles. The van der Waals surface area contributed by atoms with Crippen LogP contribution < -0.4 is 10.6 Å². The van der Waals surface area contributed by atoms with Crippen LogP contribution in [0.2, 0.25) is 0 Å². The highest BCUT2D eigenvalue weighted by atomic mass is 16.5. The summed E-state index contributed by atoms with van der Waals surface area (Å²) in [5.41, 5.74) is 0. The van der Waals surface area contributed by atoms with E-state index in [-0.39, 0.29) is 30.9 Å². The Bertz CT molecular complexity index is 1310. The van der Waals surface area contributed by atoms with Crippen LogP contribution in [0.15, 0.2) is 85.1 Å². The van der Waals surface area contributed by atoms with Gasteiger partial charge in [-0.3, -0.25) is 14.4 Å². The SMILES string of the molecule is CC/C=C\C/C=C\C/C=C\C/C=C\C/C=C\C/C=C\C/C=C\CCCC(=O)OC(CCCCCCCCCCCCC)CCCCCCCC(=O)NCC(=O)NC(CO)C(=O)O. The topological polar surface area (TPSA) is 142 Å². The average molecular weight is 865 g/mol. The number of carbonyl (C=O) groups excluding carboxylic acids is 3. The third kappa shape index (κ3) is 42.7. The first-order chi connectivity index (χ1) is 30.3. The standard InChI is InChI=1S/C53H88N2O7/c1-3-5-7-9-11-13-15-16-17-18-19-20-21-22-23-24-25-26-28-30-32-37-41-45-52(59)62-48(42-38-34-31-29-27-14-12-10-8-6-4-2)43-39-35-33-36-40-44-50(57)54-46-51(58)55-49(47-56)53(60)61/h5,7,11,13,16-17,19-20,22-23,25-26,30,32,48-49,56H,3-4,6,8-10,12,14-15,18,21,24,27-29,31,33-47H2,1-2H3,(H,54,57)(H,55,58)(H,60,61)/b7-5-,13-11-,17-16-,20-19-,23-22-,26-25-,32-30-. The Morgan fingerprint density at radius 2 is 0.919 bits per heavy atom. The average Bonchev–Trinajstić information content (AvgIpc) is 3.26. The predicted molar refractivity (Wildman–Crippen MR) is 259 cm³/mol. The summed E-state index contributed by atoms with van der Waals surface area (Å²) in [4.78, 5) is 47.7. The highest BCUT2D eigenvalue weighted by Crippen LogP contribution is 2.19. The summed E-state index contributed by atoms with van der Waals surface area (Å²) in [7, 11) is 0. The highest BCUT2D eigenvalue weighted by Gasteiger charge is 2.19. The maximum atomic E-state index is 12.8. The smallest absolute Gasteiger partial charge is 0.328 e. The number of carboxylic acids is 1. The van der Waals surface area contributed by atoms with Gasteiger partial charge in [0.15, 0.2) is 0 Å². The van der Waals surface area contributed by atoms with Crippen molar-refractivity contribution in [1.82, 2.24) is 10.6 Å². The van der Waals surface area contributed by atoms with E-state index in [0.717, 1.165) is 103 Å². The van der Waals surface area contributed by atoms with Crippen LogP contribution in [0.4, 0.5) is 0 Å². The van der Waals surface area contributed by atoms with Crippen molar-refractivity contribution in [1.29, 1.82) is 0 Å². The molecule has 0 aliphatic carbocycles. The lowest BCUT2D eigenvalue weighted by atomic mass is 10.0. The Hall–Kier alpha value is -3.98. The molecule has 352 valence electrons. The molecule has 0 aliphatic rings. The Morgan fingerprint density at radius 3 is 1.35 bits per heavy atom. The summed E-state index contributed by atoms with van der Waals surface area (Å²) in [5, 5.41) is 22.6. The van der Waals surface area contributed by atoms with Gasteiger partial charge < -0.3 is 25.6 Å². The van der Waals surface area contributed by atoms with Crippen LogP contribution in [0.1, 0.15) is 200 Å². The summed E-state index contributed by atoms with van der Waals surface area (Å²) in [5.74, 6) is -2.36. The zero-order chi connectivity index (χ0) is 45.4. The van der Waals surface area contributed by atoms with Crippen molar-refractivity contribution in [2.24, 2.45) is 0 Å². The van der Waals surface area contributed by atoms with Gasteiger partial charge in [0.2, 0.25) is 11.8 Å². The molecular formula is C53H88N2O7. The fraction of sp³-hybridized carbons (Fsp3) is 0.660. The lowest BCUT2D eigenvalue weighted by molar-refractivity contribution is -0.150. The number of carbonyl (C=O) groups is 4. The first-order valence-corrected chi connectivity index (χ1v) is 24.5. The van der Waals surface area contributed by atoms with Crippen molar-refractivity contribution in [3.05, 3.63) is 85.1 Å². The number of aliphatic hydroxyl groups is 1. The number of rotatable bonds is 43. The van der Waals surface area contributed by atoms with E-state index >= 15 is 0 Å². The Kier molecular flexibility index (Phi) is 43.5. The van der Waals surface area contributed by atoms with Gasteiger partial charge in [0.25, 0.3) is 0 Å². The minimum Gasteiger partial charge on any atom is -0.480 e. The first kappa shape index (κ1) is 58.0. The van der Waals surface area contributed by atoms with Gasteiger partial charge in [0.05, 0.1) is 13.2 Å². The second kappa shape index (κ2) is 46.5. The number of carboxylic acid groups (broad SMARTS) is 1. The predicted octanol–water partition coefficient (Wildman–Crippen LogP) is 12.8. The van der Waals surface area contributed by atoms with Crippen molar-refractivity contribution in [3.63, 3.8) is 0 Å². The summed E-state index contributed by atoms with van der Waals surface area (Å²) in [6.07, 6.45) is 60.4. The van der Waals surface area contributed by atoms with E-state index in [4.69, 9.17) is 14.9 Å². The van der Waals surface area contributed by atoms with Gasteiger partial charge in [-0.25, -0.2) is 4.79 Å². The molecule has 0 saturated heterocycles. The van der Waals surface area contributed by atoms with Crippen LogP contribution in [-0.2, 0) is 23.9 Å². The minimum atomic E-state index is -1.39. The fourth-order valence-corrected chi connectivity index (χ4v) is 6.70. The minimum absolute atomic E-state index is 0.0480. The van der Waals surface area contributed by atoms with E-state index in [1.807, 2.05) is 0 Å². The van der Waals surface area contributed by atoms with Gasteiger partial charge in [-0.05, 0) is 89.9 Å². The Morgan fingerprint density at radius 1 is 0.500 bits per heavy atom. The molecule has 0 bridgehead atoms. The second-order valence-corrected chi connectivity index (χ2v) is 16.2. The molecule has 0 aliphatic heterocycles. The second-order valence-electron chi connectivity index (χ2n) is 16.2. The number of ether oxygens (including phenoxy) is 1. The molecule has 0 saturated carbocycles. The number of hydrogen-bond acceptors (Lipinski definition) is 6. The molecule has 0 aromatic rings. The number of nitrogens with one attached hydrogen (secondary N) is 2. The molecule has 2 unspecified atom stereocenters. The third-order valence-electron chi connectivity index (χ3n) is 10.4. The van der Waals surface area contributed by atoms with Gasteiger partial charge in [-0.15, -0.1) is 0 Å². The van der Waals surface area contributed by atoms with Crippen LogP contribution in [0.25, 0.3) is 0 Å². The van der Waals surface area contributed by atoms with Crippen LogP contribution in [0.3, 0.4) is 0 Å². The van der Waals surface area contributed by atoms with Crippen molar-refractivity contribution < 1.29 is 34.1 Å². The third-order valence-corrected chi connectivity index (χ3v) is 10.4. The molecule has 9 nitrogen and oxygen atoms in total. The quantitative estimate of drug-likeness (QED) is 0.0272. The van der Waals surface area contributed by atoms with E-state index in [2.05, 4.69) is 110 Å². The molecule has 0 spiro atoms. The molecule has 0 aromatic heterocycles. The summed E-state index contributed by atoms with van der Waals surface area (Å²) in [6.45, 7) is 3.36. The molecule has 0 fully saturated rings. The van der Waals surface area contributed by atoms with E-state index in [9.17, 15) is 19.2 Å². The number of aliphatic hydroxyl groups excluding tert-OH is 1. The van der Waals surface area contributed by atoms with Gasteiger partial charge >= 0.3 is 11.9 Å².